The number of non-ortho nitro benzene ring substituents is 1. The van der Waals surface area contributed by atoms with Gasteiger partial charge in [-0.15, -0.1) is 0 Å². The molecule has 0 saturated carbocycles. The van der Waals surface area contributed by atoms with E-state index in [1.165, 1.54) is 63.5 Å². The maximum Gasteiger partial charge on any atom is 0.269 e. The number of aliphatic hydroxyl groups is 2. The molecule has 0 atom stereocenters. The molecule has 0 aromatic heterocycles. The summed E-state index contributed by atoms with van der Waals surface area (Å²) >= 11 is 0. The van der Waals surface area contributed by atoms with Crippen LogP contribution in [0.25, 0.3) is 0 Å². The molecule has 2 N–H and O–H groups in total. The van der Waals surface area contributed by atoms with Crippen LogP contribution in [0.15, 0.2) is 58.8 Å². The smallest absolute Gasteiger partial charge is 0.269 e. The molecule has 0 heterocycles. The number of rotatable bonds is 21. The van der Waals surface area contributed by atoms with Crippen LogP contribution in [0.5, 0.6) is 5.75 Å². The zero-order valence-corrected chi connectivity index (χ0v) is 21.8. The largest absolute Gasteiger partial charge is 0.494 e. The van der Waals surface area contributed by atoms with Gasteiger partial charge < -0.3 is 14.9 Å². The molecular formula is C28H42N4O5. The summed E-state index contributed by atoms with van der Waals surface area (Å²) in [5, 5.41) is 37.0. The van der Waals surface area contributed by atoms with Crippen LogP contribution in [0.2, 0.25) is 0 Å². The summed E-state index contributed by atoms with van der Waals surface area (Å²) in [6.45, 7) is 3.27. The fourth-order valence-electron chi connectivity index (χ4n) is 4.03. The Labute approximate surface area is 220 Å². The van der Waals surface area contributed by atoms with Gasteiger partial charge in [-0.1, -0.05) is 51.4 Å². The summed E-state index contributed by atoms with van der Waals surface area (Å²) in [5.74, 6) is 0.810. The third-order valence-electron chi connectivity index (χ3n) is 6.15. The molecular weight excluding hydrogens is 472 g/mol. The van der Waals surface area contributed by atoms with Crippen molar-refractivity contribution in [3.8, 4) is 5.75 Å². The number of unbranched alkanes of at least 4 members (excludes halogenated alkanes) is 9. The molecule has 0 bridgehead atoms. The van der Waals surface area contributed by atoms with Crippen LogP contribution < -0.4 is 4.74 Å². The summed E-state index contributed by atoms with van der Waals surface area (Å²) in [5.41, 5.74) is 1.28. The van der Waals surface area contributed by atoms with E-state index in [1.54, 1.807) is 12.1 Å². The minimum absolute atomic E-state index is 0.0292. The van der Waals surface area contributed by atoms with Crippen molar-refractivity contribution in [2.45, 2.75) is 64.2 Å². The fraction of sp³-hybridized carbons (Fsp3) is 0.571. The van der Waals surface area contributed by atoms with Crippen molar-refractivity contribution in [3.63, 3.8) is 0 Å². The maximum atomic E-state index is 10.7. The summed E-state index contributed by atoms with van der Waals surface area (Å²) in [4.78, 5) is 12.4. The van der Waals surface area contributed by atoms with E-state index in [0.717, 1.165) is 25.1 Å². The molecule has 0 aliphatic heterocycles. The van der Waals surface area contributed by atoms with Gasteiger partial charge in [-0.05, 0) is 55.8 Å². The van der Waals surface area contributed by atoms with E-state index in [4.69, 9.17) is 14.9 Å². The number of hydrogen-bond acceptors (Lipinski definition) is 8. The van der Waals surface area contributed by atoms with E-state index in [9.17, 15) is 10.1 Å². The van der Waals surface area contributed by atoms with Gasteiger partial charge in [-0.25, -0.2) is 0 Å². The lowest BCUT2D eigenvalue weighted by Crippen LogP contribution is -2.30. The van der Waals surface area contributed by atoms with Crippen LogP contribution in [0.1, 0.15) is 64.2 Å². The topological polar surface area (TPSA) is 121 Å². The lowest BCUT2D eigenvalue weighted by molar-refractivity contribution is -0.384. The van der Waals surface area contributed by atoms with Crippen LogP contribution >= 0.6 is 0 Å². The molecule has 9 nitrogen and oxygen atoms in total. The van der Waals surface area contributed by atoms with Gasteiger partial charge in [0.25, 0.3) is 5.69 Å². The van der Waals surface area contributed by atoms with Gasteiger partial charge in [-0.3, -0.25) is 15.0 Å². The molecule has 0 aliphatic carbocycles. The number of nitro groups is 1. The zero-order chi connectivity index (χ0) is 26.6. The first-order chi connectivity index (χ1) is 18.1. The van der Waals surface area contributed by atoms with E-state index in [0.29, 0.717) is 31.1 Å². The van der Waals surface area contributed by atoms with Crippen molar-refractivity contribution < 1.29 is 19.9 Å². The zero-order valence-electron chi connectivity index (χ0n) is 21.8. The highest BCUT2D eigenvalue weighted by molar-refractivity contribution is 5.45. The lowest BCUT2D eigenvalue weighted by atomic mass is 10.1. The van der Waals surface area contributed by atoms with E-state index in [-0.39, 0.29) is 18.9 Å². The highest BCUT2D eigenvalue weighted by Crippen LogP contribution is 2.23. The van der Waals surface area contributed by atoms with E-state index >= 15 is 0 Å². The summed E-state index contributed by atoms with van der Waals surface area (Å²) in [6.07, 6.45) is 12.2. The Kier molecular flexibility index (Phi) is 15.8. The molecule has 0 aliphatic rings. The monoisotopic (exact) mass is 514 g/mol. The van der Waals surface area contributed by atoms with Gasteiger partial charge in [0, 0.05) is 25.2 Å². The molecule has 0 amide bonds. The van der Waals surface area contributed by atoms with Gasteiger partial charge >= 0.3 is 0 Å². The molecule has 0 saturated heterocycles. The van der Waals surface area contributed by atoms with E-state index in [2.05, 4.69) is 15.1 Å². The Bertz CT molecular complexity index is 884. The highest BCUT2D eigenvalue weighted by Gasteiger charge is 2.04. The quantitative estimate of drug-likeness (QED) is 0.0840. The normalized spacial score (nSPS) is 11.4. The molecule has 2 aromatic carbocycles. The molecule has 2 aromatic rings. The number of ether oxygens (including phenoxy) is 1. The standard InChI is InChI=1S/C28H42N4O5/c33-22-20-31(21-23-34)19-9-7-5-3-1-2-4-6-8-10-24-37-28-17-13-26(14-18-28)30-29-25-11-15-27(16-12-25)32(35)36/h11-18,33-34H,1-10,19-24H2. The first-order valence-corrected chi connectivity index (χ1v) is 13.5. The average Bonchev–Trinajstić information content (AvgIpc) is 2.91. The number of aliphatic hydroxyl groups excluding tert-OH is 2. The van der Waals surface area contributed by atoms with Gasteiger partial charge in [0.2, 0.25) is 0 Å². The Morgan fingerprint density at radius 2 is 1.14 bits per heavy atom. The van der Waals surface area contributed by atoms with Crippen molar-refractivity contribution in [1.82, 2.24) is 4.90 Å². The second kappa shape index (κ2) is 19.3. The molecule has 0 unspecified atom stereocenters. The van der Waals surface area contributed by atoms with Crippen LogP contribution in [0.3, 0.4) is 0 Å². The van der Waals surface area contributed by atoms with Gasteiger partial charge in [0.05, 0.1) is 36.1 Å². The Balaban J connectivity index is 1.45. The first-order valence-electron chi connectivity index (χ1n) is 13.5. The first kappa shape index (κ1) is 30.3. The summed E-state index contributed by atoms with van der Waals surface area (Å²) < 4.78 is 5.82. The predicted octanol–water partition coefficient (Wildman–Crippen LogP) is 6.58. The minimum Gasteiger partial charge on any atom is -0.494 e. The van der Waals surface area contributed by atoms with Crippen molar-refractivity contribution >= 4 is 17.1 Å². The molecule has 37 heavy (non-hydrogen) atoms. The van der Waals surface area contributed by atoms with E-state index in [1.807, 2.05) is 24.3 Å². The van der Waals surface area contributed by atoms with Crippen molar-refractivity contribution in [2.75, 3.05) is 39.5 Å². The van der Waals surface area contributed by atoms with Gasteiger partial charge in [-0.2, -0.15) is 10.2 Å². The Morgan fingerprint density at radius 1 is 0.676 bits per heavy atom. The molecule has 2 rings (SSSR count). The number of nitrogens with zero attached hydrogens (tertiary/aromatic N) is 4. The lowest BCUT2D eigenvalue weighted by Gasteiger charge is -2.19. The number of nitro benzene ring substituents is 1. The Morgan fingerprint density at radius 3 is 1.62 bits per heavy atom. The SMILES string of the molecule is O=[N+]([O-])c1ccc(N=Nc2ccc(OCCCCCCCCCCCCN(CCO)CCO)cc2)cc1. The average molecular weight is 515 g/mol. The van der Waals surface area contributed by atoms with E-state index < -0.39 is 4.92 Å². The predicted molar refractivity (Wildman–Crippen MR) is 146 cm³/mol. The van der Waals surface area contributed by atoms with Crippen molar-refractivity contribution in [1.29, 1.82) is 0 Å². The molecule has 0 fully saturated rings. The van der Waals surface area contributed by atoms with Gasteiger partial charge in [0.1, 0.15) is 5.75 Å². The maximum absolute atomic E-state index is 10.7. The Hall–Kier alpha value is -2.88. The minimum atomic E-state index is -0.442. The molecule has 9 heteroatoms. The third-order valence-corrected chi connectivity index (χ3v) is 6.15. The second-order valence-corrected chi connectivity index (χ2v) is 9.14. The number of azo groups is 1. The third kappa shape index (κ3) is 13.9. The molecule has 0 spiro atoms. The number of benzene rings is 2. The highest BCUT2D eigenvalue weighted by atomic mass is 16.6. The fourth-order valence-corrected chi connectivity index (χ4v) is 4.03. The van der Waals surface area contributed by atoms with Crippen LogP contribution in [-0.2, 0) is 0 Å². The molecule has 204 valence electrons. The molecule has 0 radical (unpaired) electrons. The van der Waals surface area contributed by atoms with Crippen molar-refractivity contribution in [2.24, 2.45) is 10.2 Å². The second-order valence-electron chi connectivity index (χ2n) is 9.14. The number of hydrogen-bond donors (Lipinski definition) is 2. The van der Waals surface area contributed by atoms with Gasteiger partial charge in [0.15, 0.2) is 0 Å². The van der Waals surface area contributed by atoms with Crippen LogP contribution in [0.4, 0.5) is 17.1 Å². The summed E-state index contributed by atoms with van der Waals surface area (Å²) in [7, 11) is 0. The van der Waals surface area contributed by atoms with Crippen LogP contribution in [0, 0.1) is 10.1 Å². The van der Waals surface area contributed by atoms with Crippen LogP contribution in [-0.4, -0.2) is 59.5 Å². The summed E-state index contributed by atoms with van der Waals surface area (Å²) in [6, 6.07) is 13.4. The van der Waals surface area contributed by atoms with Crippen molar-refractivity contribution in [3.05, 3.63) is 58.6 Å².